The predicted molar refractivity (Wildman–Crippen MR) is 31.5 cm³/mol. The van der Waals surface area contributed by atoms with Gasteiger partial charge in [0.05, 0.1) is 6.20 Å². The average molecular weight is 139 g/mol. The van der Waals surface area contributed by atoms with Gasteiger partial charge in [-0.25, -0.2) is 9.78 Å². The summed E-state index contributed by atoms with van der Waals surface area (Å²) in [5.74, 6) is -0.648. The van der Waals surface area contributed by atoms with Gasteiger partial charge in [-0.2, -0.15) is 0 Å². The highest BCUT2D eigenvalue weighted by molar-refractivity contribution is 5.84. The van der Waals surface area contributed by atoms with Crippen LogP contribution >= 0.6 is 0 Å². The van der Waals surface area contributed by atoms with Crippen molar-refractivity contribution in [2.75, 3.05) is 0 Å². The summed E-state index contributed by atoms with van der Waals surface area (Å²) in [4.78, 5) is 13.8. The minimum atomic E-state index is -1.11. The topological polar surface area (TPSA) is 76.0 Å². The Labute approximate surface area is 56.7 Å². The van der Waals surface area contributed by atoms with Crippen LogP contribution in [0.1, 0.15) is 16.3 Å². The number of nitrogens with zero attached hydrogens (tertiary/aromatic N) is 3. The van der Waals surface area contributed by atoms with E-state index in [9.17, 15) is 4.79 Å². The van der Waals surface area contributed by atoms with Gasteiger partial charge < -0.3 is 5.11 Å². The quantitative estimate of drug-likeness (QED) is 0.586. The molecule has 0 bridgehead atoms. The molecule has 1 aromatic rings. The molecule has 1 aromatic heterocycles. The number of carbonyl (C=O) groups is 1. The zero-order valence-electron chi connectivity index (χ0n) is 5.27. The van der Waals surface area contributed by atoms with Crippen LogP contribution in [0.5, 0.6) is 0 Å². The summed E-state index contributed by atoms with van der Waals surface area (Å²) in [6.45, 7) is 1.64. The number of aryl methyl sites for hydroxylation is 1. The van der Waals surface area contributed by atoms with Gasteiger partial charge >= 0.3 is 5.97 Å². The Hall–Kier alpha value is -1.52. The Kier molecular flexibility index (Phi) is 1.57. The summed E-state index contributed by atoms with van der Waals surface area (Å²) in [6.07, 6.45) is 1.17. The summed E-state index contributed by atoms with van der Waals surface area (Å²) in [5, 5.41) is 15.2. The van der Waals surface area contributed by atoms with E-state index in [0.29, 0.717) is 5.82 Å². The molecule has 5 heteroatoms. The lowest BCUT2D eigenvalue weighted by Gasteiger charge is -1.89. The second kappa shape index (κ2) is 2.38. The molecule has 0 amide bonds. The second-order valence-electron chi connectivity index (χ2n) is 1.70. The molecule has 5 nitrogen and oxygen atoms in total. The molecular weight excluding hydrogens is 134 g/mol. The Morgan fingerprint density at radius 2 is 2.30 bits per heavy atom. The number of hydrogen-bond acceptors (Lipinski definition) is 4. The van der Waals surface area contributed by atoms with Crippen molar-refractivity contribution < 1.29 is 9.90 Å². The number of aromatic nitrogens is 3. The van der Waals surface area contributed by atoms with Gasteiger partial charge in [0.25, 0.3) is 0 Å². The predicted octanol–water partition coefficient (Wildman–Crippen LogP) is -0.122. The fourth-order valence-electron chi connectivity index (χ4n) is 0.430. The standard InChI is InChI=1S/C5H5N3O2/c1-3-6-2-4(5(9)10)8-7-3/h2H,1H3,(H,9,10). The third kappa shape index (κ3) is 1.25. The van der Waals surface area contributed by atoms with Gasteiger partial charge in [-0.15, -0.1) is 10.2 Å². The molecule has 0 saturated carbocycles. The van der Waals surface area contributed by atoms with E-state index in [4.69, 9.17) is 5.11 Å². The van der Waals surface area contributed by atoms with Crippen LogP contribution in [-0.2, 0) is 0 Å². The minimum Gasteiger partial charge on any atom is -0.476 e. The molecular formula is C5H5N3O2. The molecule has 0 aliphatic heterocycles. The molecule has 0 fully saturated rings. The monoisotopic (exact) mass is 139 g/mol. The summed E-state index contributed by atoms with van der Waals surface area (Å²) in [6, 6.07) is 0. The lowest BCUT2D eigenvalue weighted by atomic mass is 10.5. The van der Waals surface area contributed by atoms with E-state index >= 15 is 0 Å². The van der Waals surface area contributed by atoms with E-state index in [0.717, 1.165) is 0 Å². The minimum absolute atomic E-state index is 0.134. The van der Waals surface area contributed by atoms with E-state index in [1.165, 1.54) is 6.20 Å². The van der Waals surface area contributed by atoms with Crippen LogP contribution in [0.3, 0.4) is 0 Å². The van der Waals surface area contributed by atoms with Crippen molar-refractivity contribution in [3.8, 4) is 0 Å². The number of hydrogen-bond donors (Lipinski definition) is 1. The maximum absolute atomic E-state index is 10.2. The average Bonchev–Trinajstić information content (AvgIpc) is 1.88. The first-order valence-corrected chi connectivity index (χ1v) is 2.60. The maximum atomic E-state index is 10.2. The molecule has 1 rings (SSSR count). The van der Waals surface area contributed by atoms with Crippen molar-refractivity contribution >= 4 is 5.97 Å². The first-order chi connectivity index (χ1) is 4.70. The highest BCUT2D eigenvalue weighted by Crippen LogP contribution is 1.88. The first-order valence-electron chi connectivity index (χ1n) is 2.60. The molecule has 0 spiro atoms. The number of carboxylic acid groups (broad SMARTS) is 1. The Balaban J connectivity index is 3.00. The smallest absolute Gasteiger partial charge is 0.358 e. The van der Waals surface area contributed by atoms with E-state index in [-0.39, 0.29) is 5.69 Å². The normalized spacial score (nSPS) is 9.30. The SMILES string of the molecule is Cc1ncc(C(=O)O)nn1. The molecule has 0 unspecified atom stereocenters. The van der Waals surface area contributed by atoms with Gasteiger partial charge in [0.2, 0.25) is 0 Å². The Morgan fingerprint density at radius 3 is 2.70 bits per heavy atom. The molecule has 0 radical (unpaired) electrons. The lowest BCUT2D eigenvalue weighted by molar-refractivity contribution is 0.0688. The van der Waals surface area contributed by atoms with Crippen molar-refractivity contribution in [2.24, 2.45) is 0 Å². The van der Waals surface area contributed by atoms with Crippen molar-refractivity contribution in [3.05, 3.63) is 17.7 Å². The van der Waals surface area contributed by atoms with Crippen molar-refractivity contribution in [3.63, 3.8) is 0 Å². The molecule has 0 aliphatic rings. The Morgan fingerprint density at radius 1 is 1.60 bits per heavy atom. The number of aromatic carboxylic acids is 1. The summed E-state index contributed by atoms with van der Waals surface area (Å²) in [7, 11) is 0. The van der Waals surface area contributed by atoms with Gasteiger partial charge in [-0.05, 0) is 6.92 Å². The van der Waals surface area contributed by atoms with E-state index < -0.39 is 5.97 Å². The van der Waals surface area contributed by atoms with Crippen LogP contribution in [0.15, 0.2) is 6.20 Å². The van der Waals surface area contributed by atoms with E-state index in [1.54, 1.807) is 6.92 Å². The van der Waals surface area contributed by atoms with Crippen molar-refractivity contribution in [1.82, 2.24) is 15.2 Å². The Bertz CT molecular complexity index is 244. The zero-order chi connectivity index (χ0) is 7.56. The molecule has 1 N–H and O–H groups in total. The van der Waals surface area contributed by atoms with Gasteiger partial charge in [-0.3, -0.25) is 0 Å². The van der Waals surface area contributed by atoms with Crippen LogP contribution in [0, 0.1) is 6.92 Å². The third-order valence-corrected chi connectivity index (χ3v) is 0.895. The van der Waals surface area contributed by atoms with Crippen LogP contribution < -0.4 is 0 Å². The lowest BCUT2D eigenvalue weighted by Crippen LogP contribution is -2.03. The molecule has 0 saturated heterocycles. The van der Waals surface area contributed by atoms with Crippen molar-refractivity contribution in [2.45, 2.75) is 6.92 Å². The van der Waals surface area contributed by atoms with Gasteiger partial charge in [0, 0.05) is 0 Å². The van der Waals surface area contributed by atoms with Crippen LogP contribution in [0.2, 0.25) is 0 Å². The van der Waals surface area contributed by atoms with Gasteiger partial charge in [0.15, 0.2) is 5.69 Å². The molecule has 52 valence electrons. The zero-order valence-corrected chi connectivity index (χ0v) is 5.27. The first kappa shape index (κ1) is 6.60. The molecule has 0 aromatic carbocycles. The highest BCUT2D eigenvalue weighted by Gasteiger charge is 2.03. The van der Waals surface area contributed by atoms with Crippen LogP contribution in [-0.4, -0.2) is 26.3 Å². The molecule has 0 aliphatic carbocycles. The number of carboxylic acids is 1. The largest absolute Gasteiger partial charge is 0.476 e. The van der Waals surface area contributed by atoms with Crippen LogP contribution in [0.4, 0.5) is 0 Å². The van der Waals surface area contributed by atoms with E-state index in [2.05, 4.69) is 15.2 Å². The highest BCUT2D eigenvalue weighted by atomic mass is 16.4. The fraction of sp³-hybridized carbons (Fsp3) is 0.200. The maximum Gasteiger partial charge on any atom is 0.358 e. The van der Waals surface area contributed by atoms with E-state index in [1.807, 2.05) is 0 Å². The van der Waals surface area contributed by atoms with Crippen LogP contribution in [0.25, 0.3) is 0 Å². The van der Waals surface area contributed by atoms with Gasteiger partial charge in [0.1, 0.15) is 5.82 Å². The van der Waals surface area contributed by atoms with Gasteiger partial charge in [-0.1, -0.05) is 0 Å². The molecule has 0 atom stereocenters. The third-order valence-electron chi connectivity index (χ3n) is 0.895. The second-order valence-corrected chi connectivity index (χ2v) is 1.70. The van der Waals surface area contributed by atoms with Crippen molar-refractivity contribution in [1.29, 1.82) is 0 Å². The summed E-state index contributed by atoms with van der Waals surface area (Å²) in [5.41, 5.74) is -0.134. The summed E-state index contributed by atoms with van der Waals surface area (Å²) >= 11 is 0. The summed E-state index contributed by atoms with van der Waals surface area (Å²) < 4.78 is 0. The molecule has 10 heavy (non-hydrogen) atoms. The number of rotatable bonds is 1. The molecule has 1 heterocycles. The fourth-order valence-corrected chi connectivity index (χ4v) is 0.430.